The minimum Gasteiger partial charge on any atom is -0.480 e. The van der Waals surface area contributed by atoms with E-state index in [0.29, 0.717) is 25.8 Å². The van der Waals surface area contributed by atoms with Crippen molar-refractivity contribution in [2.75, 3.05) is 6.54 Å². The summed E-state index contributed by atoms with van der Waals surface area (Å²) >= 11 is 0. The molecule has 0 bridgehead atoms. The predicted molar refractivity (Wildman–Crippen MR) is 96.7 cm³/mol. The molecule has 11 heteroatoms. The number of carbonyl (C=O) groups excluding carboxylic acids is 2. The Bertz CT molecular complexity index is 631. The first-order valence-corrected chi connectivity index (χ1v) is 8.63. The number of nitrogens with one attached hydrogen (secondary N) is 1. The number of amides is 2. The summed E-state index contributed by atoms with van der Waals surface area (Å²) < 4.78 is 0. The minimum absolute atomic E-state index is 0.121. The Labute approximate surface area is 157 Å². The molecule has 0 saturated carbocycles. The monoisotopic (exact) mass is 380 g/mol. The van der Waals surface area contributed by atoms with Crippen molar-refractivity contribution in [1.29, 1.82) is 0 Å². The molecule has 2 rings (SSSR count). The summed E-state index contributed by atoms with van der Waals surface area (Å²) in [5.41, 5.74) is 0.121. The molecule has 2 amide bonds. The second kappa shape index (κ2) is 11.2. The number of carboxylic acids is 1. The molecule has 0 aliphatic carbocycles. The van der Waals surface area contributed by atoms with E-state index in [2.05, 4.69) is 15.3 Å². The summed E-state index contributed by atoms with van der Waals surface area (Å²) in [5, 5.41) is 26.2. The molecule has 1 aromatic heterocycles. The van der Waals surface area contributed by atoms with Gasteiger partial charge in [0.25, 0.3) is 5.91 Å². The maximum absolute atomic E-state index is 12.8. The van der Waals surface area contributed by atoms with Crippen LogP contribution in [0, 0.1) is 5.92 Å². The molecular formula is C16H25BN4O6. The van der Waals surface area contributed by atoms with E-state index in [9.17, 15) is 19.5 Å². The summed E-state index contributed by atoms with van der Waals surface area (Å²) in [6, 6.07) is -1.60. The van der Waals surface area contributed by atoms with Crippen molar-refractivity contribution in [3.8, 4) is 0 Å². The third-order valence-corrected chi connectivity index (χ3v) is 3.93. The molecule has 0 spiro atoms. The Morgan fingerprint density at radius 2 is 2.00 bits per heavy atom. The van der Waals surface area contributed by atoms with Gasteiger partial charge in [-0.1, -0.05) is 13.8 Å². The van der Waals surface area contributed by atoms with Gasteiger partial charge in [-0.2, -0.15) is 0 Å². The fourth-order valence-electron chi connectivity index (χ4n) is 2.83. The molecule has 0 radical (unpaired) electrons. The Morgan fingerprint density at radius 1 is 1.33 bits per heavy atom. The van der Waals surface area contributed by atoms with Gasteiger partial charge in [0, 0.05) is 18.9 Å². The zero-order valence-electron chi connectivity index (χ0n) is 15.4. The smallest absolute Gasteiger partial charge is 0.432 e. The van der Waals surface area contributed by atoms with Gasteiger partial charge >= 0.3 is 13.7 Å². The Balaban J connectivity index is 0.00000114. The molecule has 10 nitrogen and oxygen atoms in total. The van der Waals surface area contributed by atoms with E-state index < -0.39 is 31.6 Å². The molecule has 27 heavy (non-hydrogen) atoms. The van der Waals surface area contributed by atoms with Crippen molar-refractivity contribution < 1.29 is 29.5 Å². The summed E-state index contributed by atoms with van der Waals surface area (Å²) in [7, 11) is -0.750. The fourth-order valence-corrected chi connectivity index (χ4v) is 2.83. The van der Waals surface area contributed by atoms with Crippen molar-refractivity contribution in [3.63, 3.8) is 0 Å². The van der Waals surface area contributed by atoms with Crippen LogP contribution >= 0.6 is 0 Å². The number of carboxylic acid groups (broad SMARTS) is 1. The minimum atomic E-state index is -1.01. The van der Waals surface area contributed by atoms with E-state index in [1.54, 1.807) is 0 Å². The van der Waals surface area contributed by atoms with Crippen LogP contribution < -0.4 is 5.32 Å². The number of nitrogens with zero attached hydrogens (tertiary/aromatic N) is 3. The highest BCUT2D eigenvalue weighted by atomic mass is 16.4. The van der Waals surface area contributed by atoms with E-state index >= 15 is 0 Å². The number of hydrogen-bond acceptors (Lipinski definition) is 7. The Kier molecular flexibility index (Phi) is 9.38. The number of rotatable bonds is 6. The third-order valence-electron chi connectivity index (χ3n) is 3.93. The van der Waals surface area contributed by atoms with Crippen LogP contribution in [-0.4, -0.2) is 74.1 Å². The lowest BCUT2D eigenvalue weighted by Crippen LogP contribution is -2.52. The Morgan fingerprint density at radius 3 is 2.52 bits per heavy atom. The maximum Gasteiger partial charge on any atom is 0.432 e. The second-order valence-corrected chi connectivity index (χ2v) is 6.42. The number of likely N-dealkylation sites (tertiary alicyclic amines) is 1. The summed E-state index contributed by atoms with van der Waals surface area (Å²) in [6.45, 7) is 4.27. The van der Waals surface area contributed by atoms with Crippen LogP contribution in [0.4, 0.5) is 0 Å². The number of carbonyl (C=O) groups is 3. The Hall–Kier alpha value is -2.53. The van der Waals surface area contributed by atoms with Gasteiger partial charge < -0.3 is 25.4 Å². The third kappa shape index (κ3) is 6.95. The van der Waals surface area contributed by atoms with Gasteiger partial charge in [0.2, 0.25) is 5.91 Å². The van der Waals surface area contributed by atoms with Crippen molar-refractivity contribution in [3.05, 3.63) is 24.3 Å². The normalized spacial score (nSPS) is 16.9. The first-order valence-electron chi connectivity index (χ1n) is 8.63. The van der Waals surface area contributed by atoms with Gasteiger partial charge in [-0.3, -0.25) is 14.6 Å². The molecule has 1 aliphatic rings. The van der Waals surface area contributed by atoms with Gasteiger partial charge in [-0.15, -0.1) is 0 Å². The van der Waals surface area contributed by atoms with E-state index in [4.69, 9.17) is 10.0 Å². The van der Waals surface area contributed by atoms with Gasteiger partial charge in [-0.05, 0) is 25.2 Å². The molecular weight excluding hydrogens is 355 g/mol. The second-order valence-electron chi connectivity index (χ2n) is 6.42. The van der Waals surface area contributed by atoms with Crippen molar-refractivity contribution in [2.24, 2.45) is 5.92 Å². The first-order chi connectivity index (χ1) is 12.8. The van der Waals surface area contributed by atoms with Crippen LogP contribution in [0.5, 0.6) is 0 Å². The van der Waals surface area contributed by atoms with Gasteiger partial charge in [-0.25, -0.2) is 9.78 Å². The largest absolute Gasteiger partial charge is 0.480 e. The lowest BCUT2D eigenvalue weighted by atomic mass is 10.0. The molecule has 4 N–H and O–H groups in total. The topological polar surface area (TPSA) is 153 Å². The van der Waals surface area contributed by atoms with E-state index in [1.807, 2.05) is 13.8 Å². The van der Waals surface area contributed by atoms with Crippen LogP contribution in [0.2, 0.25) is 0 Å². The average molecular weight is 380 g/mol. The SMILES string of the molecule is CC(C)CC(NC(=O)c1cnccn1)C(=O)N1CCC[C@H]1C(=O)O.OBO. The standard InChI is InChI=1S/C16H22N4O4.BH3O2/c1-10(2)8-11(19-14(21)12-9-17-5-6-18-12)15(22)20-7-3-4-13(20)16(23)24;2-1-3/h5-6,9-11,13H,3-4,7-8H2,1-2H3,(H,19,21)(H,23,24);1-3H/t11?,13-;/m0./s1. The fraction of sp³-hybridized carbons (Fsp3) is 0.562. The highest BCUT2D eigenvalue weighted by Gasteiger charge is 2.37. The molecule has 1 fully saturated rings. The van der Waals surface area contributed by atoms with Gasteiger partial charge in [0.1, 0.15) is 17.8 Å². The molecule has 1 aromatic rings. The highest BCUT2D eigenvalue weighted by Crippen LogP contribution is 2.20. The van der Waals surface area contributed by atoms with Crippen LogP contribution in [0.25, 0.3) is 0 Å². The molecule has 1 aliphatic heterocycles. The van der Waals surface area contributed by atoms with Crippen molar-refractivity contribution in [1.82, 2.24) is 20.2 Å². The lowest BCUT2D eigenvalue weighted by molar-refractivity contribution is -0.149. The number of aliphatic carboxylic acids is 1. The van der Waals surface area contributed by atoms with Gasteiger partial charge in [0.05, 0.1) is 6.20 Å². The molecule has 2 heterocycles. The van der Waals surface area contributed by atoms with Crippen LogP contribution in [0.15, 0.2) is 18.6 Å². The van der Waals surface area contributed by atoms with Gasteiger partial charge in [0.15, 0.2) is 0 Å². The van der Waals surface area contributed by atoms with Crippen molar-refractivity contribution >= 4 is 25.5 Å². The molecule has 1 saturated heterocycles. The summed E-state index contributed by atoms with van der Waals surface area (Å²) in [5.74, 6) is -1.70. The van der Waals surface area contributed by atoms with E-state index in [-0.39, 0.29) is 17.5 Å². The van der Waals surface area contributed by atoms with E-state index in [0.717, 1.165) is 0 Å². The average Bonchev–Trinajstić information content (AvgIpc) is 3.11. The first kappa shape index (κ1) is 22.5. The van der Waals surface area contributed by atoms with Crippen LogP contribution in [0.3, 0.4) is 0 Å². The zero-order chi connectivity index (χ0) is 20.4. The number of aromatic nitrogens is 2. The molecule has 0 aromatic carbocycles. The lowest BCUT2D eigenvalue weighted by Gasteiger charge is -2.28. The van der Waals surface area contributed by atoms with Crippen LogP contribution in [0.1, 0.15) is 43.6 Å². The van der Waals surface area contributed by atoms with Crippen molar-refractivity contribution in [2.45, 2.75) is 45.2 Å². The quantitative estimate of drug-likeness (QED) is 0.455. The molecule has 2 atom stereocenters. The number of hydrogen-bond donors (Lipinski definition) is 4. The van der Waals surface area contributed by atoms with E-state index in [1.165, 1.54) is 23.5 Å². The maximum atomic E-state index is 12.8. The summed E-state index contributed by atoms with van der Waals surface area (Å²) in [6.07, 6.45) is 5.68. The highest BCUT2D eigenvalue weighted by molar-refractivity contribution is 6.13. The zero-order valence-corrected chi connectivity index (χ0v) is 15.4. The van der Waals surface area contributed by atoms with Crippen LogP contribution in [-0.2, 0) is 9.59 Å². The molecule has 1 unspecified atom stereocenters. The molecule has 148 valence electrons. The summed E-state index contributed by atoms with van der Waals surface area (Å²) in [4.78, 5) is 45.5. The predicted octanol–water partition coefficient (Wildman–Crippen LogP) is -1.07.